The number of ether oxygens (including phenoxy) is 1. The summed E-state index contributed by atoms with van der Waals surface area (Å²) >= 11 is 0. The predicted octanol–water partition coefficient (Wildman–Crippen LogP) is 4.65. The fourth-order valence-corrected chi connectivity index (χ4v) is 3.67. The average Bonchev–Trinajstić information content (AvgIpc) is 3.11. The second-order valence-electron chi connectivity index (χ2n) is 7.31. The molecule has 4 rings (SSSR count). The molecule has 8 heteroatoms. The minimum Gasteiger partial charge on any atom is -0.449 e. The standard InChI is InChI=1S/C22H19F3N2O3/c1-11(21(28)27-18-9-7-15(23)19(24)20(18)25)30-22(29)12-6-8-17-14(10-12)13-4-2-3-5-16(13)26-17/h6-11,26H,2-5H2,1H3,(H,27,28)/t11-/m0/s1. The van der Waals surface area contributed by atoms with E-state index in [9.17, 15) is 22.8 Å². The number of hydrogen-bond acceptors (Lipinski definition) is 3. The van der Waals surface area contributed by atoms with E-state index in [2.05, 4.69) is 10.3 Å². The number of hydrogen-bond donors (Lipinski definition) is 2. The predicted molar refractivity (Wildman–Crippen MR) is 105 cm³/mol. The quantitative estimate of drug-likeness (QED) is 0.481. The number of rotatable bonds is 4. The molecular formula is C22H19F3N2O3. The maximum atomic E-state index is 13.7. The molecule has 1 atom stereocenters. The molecule has 156 valence electrons. The van der Waals surface area contributed by atoms with Crippen molar-refractivity contribution in [3.05, 3.63) is 64.6 Å². The van der Waals surface area contributed by atoms with Gasteiger partial charge in [0.25, 0.3) is 5.91 Å². The highest BCUT2D eigenvalue weighted by Gasteiger charge is 2.23. The molecule has 1 aliphatic carbocycles. The summed E-state index contributed by atoms with van der Waals surface area (Å²) in [6.07, 6.45) is 2.85. The van der Waals surface area contributed by atoms with Crippen molar-refractivity contribution >= 4 is 28.5 Å². The van der Waals surface area contributed by atoms with Crippen molar-refractivity contribution in [1.82, 2.24) is 4.98 Å². The largest absolute Gasteiger partial charge is 0.449 e. The number of H-pyrrole nitrogens is 1. The molecule has 0 spiro atoms. The summed E-state index contributed by atoms with van der Waals surface area (Å²) in [5, 5.41) is 3.06. The normalized spacial score (nSPS) is 14.3. The van der Waals surface area contributed by atoms with Gasteiger partial charge in [0, 0.05) is 16.6 Å². The van der Waals surface area contributed by atoms with Gasteiger partial charge in [-0.1, -0.05) is 0 Å². The van der Waals surface area contributed by atoms with Gasteiger partial charge < -0.3 is 15.0 Å². The first kappa shape index (κ1) is 20.0. The third-order valence-electron chi connectivity index (χ3n) is 5.28. The van der Waals surface area contributed by atoms with Crippen LogP contribution in [-0.2, 0) is 22.4 Å². The summed E-state index contributed by atoms with van der Waals surface area (Å²) < 4.78 is 45.2. The molecule has 0 saturated heterocycles. The zero-order chi connectivity index (χ0) is 21.4. The van der Waals surface area contributed by atoms with E-state index in [1.807, 2.05) is 0 Å². The lowest BCUT2D eigenvalue weighted by molar-refractivity contribution is -0.123. The van der Waals surface area contributed by atoms with E-state index < -0.39 is 41.1 Å². The number of aromatic amines is 1. The van der Waals surface area contributed by atoms with Gasteiger partial charge in [0.15, 0.2) is 23.6 Å². The number of carbonyl (C=O) groups excluding carboxylic acids is 2. The number of aromatic nitrogens is 1. The molecule has 5 nitrogen and oxygen atoms in total. The smallest absolute Gasteiger partial charge is 0.338 e. The van der Waals surface area contributed by atoms with Crippen molar-refractivity contribution in [3.8, 4) is 0 Å². The number of amides is 1. The van der Waals surface area contributed by atoms with Gasteiger partial charge in [0.05, 0.1) is 11.3 Å². The average molecular weight is 416 g/mol. The molecule has 30 heavy (non-hydrogen) atoms. The van der Waals surface area contributed by atoms with Crippen LogP contribution in [0.25, 0.3) is 10.9 Å². The van der Waals surface area contributed by atoms with Gasteiger partial charge in [0.2, 0.25) is 0 Å². The highest BCUT2D eigenvalue weighted by molar-refractivity contribution is 5.99. The van der Waals surface area contributed by atoms with Crippen LogP contribution in [0.15, 0.2) is 30.3 Å². The SMILES string of the molecule is C[C@H](OC(=O)c1ccc2[nH]c3c(c2c1)CCCC3)C(=O)Nc1ccc(F)c(F)c1F. The van der Waals surface area contributed by atoms with Crippen LogP contribution in [0, 0.1) is 17.5 Å². The van der Waals surface area contributed by atoms with Gasteiger partial charge >= 0.3 is 5.97 Å². The molecular weight excluding hydrogens is 397 g/mol. The van der Waals surface area contributed by atoms with E-state index in [-0.39, 0.29) is 5.56 Å². The topological polar surface area (TPSA) is 71.2 Å². The van der Waals surface area contributed by atoms with Crippen molar-refractivity contribution in [2.24, 2.45) is 0 Å². The zero-order valence-corrected chi connectivity index (χ0v) is 16.2. The number of anilines is 1. The van der Waals surface area contributed by atoms with E-state index in [1.54, 1.807) is 18.2 Å². The molecule has 1 heterocycles. The summed E-state index contributed by atoms with van der Waals surface area (Å²) in [4.78, 5) is 28.1. The summed E-state index contributed by atoms with van der Waals surface area (Å²) in [7, 11) is 0. The lowest BCUT2D eigenvalue weighted by Gasteiger charge is -2.14. The van der Waals surface area contributed by atoms with Gasteiger partial charge in [-0.3, -0.25) is 4.79 Å². The van der Waals surface area contributed by atoms with Crippen molar-refractivity contribution in [2.45, 2.75) is 38.7 Å². The first-order valence-electron chi connectivity index (χ1n) is 9.64. The minimum atomic E-state index is -1.69. The molecule has 0 unspecified atom stereocenters. The first-order chi connectivity index (χ1) is 14.3. The lowest BCUT2D eigenvalue weighted by atomic mass is 9.95. The Morgan fingerprint density at radius 2 is 1.83 bits per heavy atom. The number of halogens is 3. The molecule has 3 aromatic rings. The van der Waals surface area contributed by atoms with Gasteiger partial charge in [-0.05, 0) is 68.5 Å². The highest BCUT2D eigenvalue weighted by atomic mass is 19.2. The van der Waals surface area contributed by atoms with E-state index in [0.717, 1.165) is 42.7 Å². The Kier molecular flexibility index (Phi) is 5.24. The van der Waals surface area contributed by atoms with Gasteiger partial charge in [-0.25, -0.2) is 18.0 Å². The highest BCUT2D eigenvalue weighted by Crippen LogP contribution is 2.30. The third-order valence-corrected chi connectivity index (χ3v) is 5.28. The number of nitrogens with one attached hydrogen (secondary N) is 2. The van der Waals surface area contributed by atoms with Crippen LogP contribution < -0.4 is 5.32 Å². The fourth-order valence-electron chi connectivity index (χ4n) is 3.67. The molecule has 0 fully saturated rings. The van der Waals surface area contributed by atoms with Crippen LogP contribution in [0.1, 0.15) is 41.4 Å². The lowest BCUT2D eigenvalue weighted by Crippen LogP contribution is -2.30. The van der Waals surface area contributed by atoms with E-state index in [1.165, 1.54) is 18.2 Å². The van der Waals surface area contributed by atoms with E-state index in [4.69, 9.17) is 4.74 Å². The summed E-state index contributed by atoms with van der Waals surface area (Å²) in [6.45, 7) is 1.31. The van der Waals surface area contributed by atoms with Crippen LogP contribution >= 0.6 is 0 Å². The molecule has 2 aromatic carbocycles. The maximum Gasteiger partial charge on any atom is 0.338 e. The summed E-state index contributed by atoms with van der Waals surface area (Å²) in [6, 6.07) is 6.72. The molecule has 0 bridgehead atoms. The number of aryl methyl sites for hydroxylation is 2. The van der Waals surface area contributed by atoms with Crippen molar-refractivity contribution in [3.63, 3.8) is 0 Å². The van der Waals surface area contributed by atoms with Gasteiger partial charge in [-0.15, -0.1) is 0 Å². The maximum absolute atomic E-state index is 13.7. The number of fused-ring (bicyclic) bond motifs is 3. The molecule has 0 radical (unpaired) electrons. The van der Waals surface area contributed by atoms with Crippen molar-refractivity contribution in [2.75, 3.05) is 5.32 Å². The molecule has 2 N–H and O–H groups in total. The molecule has 0 aliphatic heterocycles. The van der Waals surface area contributed by atoms with E-state index >= 15 is 0 Å². The minimum absolute atomic E-state index is 0.286. The second-order valence-corrected chi connectivity index (χ2v) is 7.31. The van der Waals surface area contributed by atoms with Crippen molar-refractivity contribution < 1.29 is 27.5 Å². The fraction of sp³-hybridized carbons (Fsp3) is 0.273. The van der Waals surface area contributed by atoms with Crippen LogP contribution in [0.4, 0.5) is 18.9 Å². The van der Waals surface area contributed by atoms with Crippen LogP contribution in [0.5, 0.6) is 0 Å². The second kappa shape index (κ2) is 7.85. The Hall–Kier alpha value is -3.29. The summed E-state index contributed by atoms with van der Waals surface area (Å²) in [5.74, 6) is -6.16. The number of esters is 1. The Balaban J connectivity index is 1.48. The molecule has 1 aliphatic rings. The Labute approximate surface area is 170 Å². The Bertz CT molecular complexity index is 1160. The Morgan fingerprint density at radius 1 is 1.07 bits per heavy atom. The zero-order valence-electron chi connectivity index (χ0n) is 16.2. The molecule has 0 saturated carbocycles. The third kappa shape index (κ3) is 3.65. The van der Waals surface area contributed by atoms with Crippen LogP contribution in [0.3, 0.4) is 0 Å². The van der Waals surface area contributed by atoms with Crippen molar-refractivity contribution in [1.29, 1.82) is 0 Å². The summed E-state index contributed by atoms with van der Waals surface area (Å²) in [5.41, 5.74) is 3.07. The first-order valence-corrected chi connectivity index (χ1v) is 9.64. The Morgan fingerprint density at radius 3 is 2.63 bits per heavy atom. The van der Waals surface area contributed by atoms with Gasteiger partial charge in [-0.2, -0.15) is 0 Å². The van der Waals surface area contributed by atoms with Crippen LogP contribution in [-0.4, -0.2) is 23.0 Å². The monoisotopic (exact) mass is 416 g/mol. The molecule has 1 amide bonds. The molecule has 1 aromatic heterocycles. The number of benzene rings is 2. The van der Waals surface area contributed by atoms with E-state index in [0.29, 0.717) is 6.07 Å². The van der Waals surface area contributed by atoms with Gasteiger partial charge in [0.1, 0.15) is 0 Å². The van der Waals surface area contributed by atoms with Crippen LogP contribution in [0.2, 0.25) is 0 Å². The number of carbonyl (C=O) groups is 2.